The zero-order chi connectivity index (χ0) is 15.5. The Bertz CT molecular complexity index is 465. The van der Waals surface area contributed by atoms with Crippen LogP contribution in [0.25, 0.3) is 0 Å². The fourth-order valence-electron chi connectivity index (χ4n) is 3.28. The van der Waals surface area contributed by atoms with E-state index >= 15 is 0 Å². The molecule has 1 aromatic heterocycles. The van der Waals surface area contributed by atoms with Gasteiger partial charge in [0.15, 0.2) is 0 Å². The molecule has 5 heteroatoms. The quantitative estimate of drug-likeness (QED) is 0.571. The Kier molecular flexibility index (Phi) is 4.86. The Morgan fingerprint density at radius 1 is 1.33 bits per heavy atom. The molecule has 5 N–H and O–H groups in total. The molecule has 1 heterocycles. The van der Waals surface area contributed by atoms with Crippen molar-refractivity contribution < 1.29 is 4.74 Å². The summed E-state index contributed by atoms with van der Waals surface area (Å²) in [6.45, 7) is 4.63. The zero-order valence-corrected chi connectivity index (χ0v) is 13.4. The van der Waals surface area contributed by atoms with Crippen molar-refractivity contribution in [2.24, 2.45) is 11.3 Å². The maximum absolute atomic E-state index is 5.96. The van der Waals surface area contributed by atoms with Crippen molar-refractivity contribution in [1.29, 1.82) is 0 Å². The highest BCUT2D eigenvalue weighted by Crippen LogP contribution is 2.43. The van der Waals surface area contributed by atoms with E-state index in [1.807, 2.05) is 12.1 Å². The normalized spacial score (nSPS) is 21.9. The van der Waals surface area contributed by atoms with Crippen LogP contribution in [0.5, 0.6) is 0 Å². The minimum atomic E-state index is -0.230. The smallest absolute Gasteiger partial charge is 0.126 e. The molecule has 0 amide bonds. The minimum absolute atomic E-state index is 0.0325. The lowest BCUT2D eigenvalue weighted by atomic mass is 9.67. The summed E-state index contributed by atoms with van der Waals surface area (Å²) in [4.78, 5) is 4.15. The number of hydrogen-bond acceptors (Lipinski definition) is 5. The summed E-state index contributed by atoms with van der Waals surface area (Å²) >= 11 is 0. The summed E-state index contributed by atoms with van der Waals surface area (Å²) in [6, 6.07) is 3.94. The summed E-state index contributed by atoms with van der Waals surface area (Å²) in [5.41, 5.74) is 10.1. The Morgan fingerprint density at radius 2 is 2.00 bits per heavy atom. The molecule has 0 spiro atoms. The number of aromatic nitrogens is 1. The van der Waals surface area contributed by atoms with Crippen molar-refractivity contribution in [3.8, 4) is 0 Å². The number of nitrogen functional groups attached to an aromatic ring is 1. The van der Waals surface area contributed by atoms with Gasteiger partial charge in [-0.25, -0.2) is 4.98 Å². The van der Waals surface area contributed by atoms with Crippen molar-refractivity contribution >= 4 is 5.82 Å². The van der Waals surface area contributed by atoms with E-state index in [2.05, 4.69) is 24.3 Å². The van der Waals surface area contributed by atoms with Gasteiger partial charge in [-0.1, -0.05) is 19.9 Å². The third kappa shape index (κ3) is 3.54. The van der Waals surface area contributed by atoms with Crippen molar-refractivity contribution in [2.45, 2.75) is 57.6 Å². The predicted molar refractivity (Wildman–Crippen MR) is 85.5 cm³/mol. The Labute approximate surface area is 127 Å². The largest absolute Gasteiger partial charge is 0.383 e. The highest BCUT2D eigenvalue weighted by Gasteiger charge is 2.44. The number of methoxy groups -OCH3 is 1. The van der Waals surface area contributed by atoms with Crippen LogP contribution in [-0.4, -0.2) is 23.7 Å². The SMILES string of the molecule is COC1(C(Cc2cccnc2N)NN)CCC(C)(C)CC1. The molecule has 1 aromatic rings. The lowest BCUT2D eigenvalue weighted by Crippen LogP contribution is -2.57. The Morgan fingerprint density at radius 3 is 2.52 bits per heavy atom. The summed E-state index contributed by atoms with van der Waals surface area (Å²) in [7, 11) is 1.79. The van der Waals surface area contributed by atoms with Crippen LogP contribution in [0, 0.1) is 5.41 Å². The maximum atomic E-state index is 5.96. The van der Waals surface area contributed by atoms with Gasteiger partial charge in [-0.05, 0) is 49.1 Å². The number of ether oxygens (including phenoxy) is 1. The molecule has 0 aliphatic heterocycles. The van der Waals surface area contributed by atoms with Gasteiger partial charge in [0.2, 0.25) is 0 Å². The fourth-order valence-corrected chi connectivity index (χ4v) is 3.28. The Balaban J connectivity index is 2.17. The van der Waals surface area contributed by atoms with Gasteiger partial charge in [-0.2, -0.15) is 0 Å². The molecular weight excluding hydrogens is 264 g/mol. The summed E-state index contributed by atoms with van der Waals surface area (Å²) in [5, 5.41) is 0. The molecule has 1 saturated carbocycles. The van der Waals surface area contributed by atoms with Crippen molar-refractivity contribution in [3.63, 3.8) is 0 Å². The molecule has 21 heavy (non-hydrogen) atoms. The van der Waals surface area contributed by atoms with Crippen molar-refractivity contribution in [1.82, 2.24) is 10.4 Å². The molecule has 1 aliphatic rings. The maximum Gasteiger partial charge on any atom is 0.126 e. The first-order chi connectivity index (χ1) is 9.92. The number of hydrogen-bond donors (Lipinski definition) is 3. The third-order valence-electron chi connectivity index (χ3n) is 5.04. The van der Waals surface area contributed by atoms with E-state index in [4.69, 9.17) is 16.3 Å². The predicted octanol–water partition coefficient (Wildman–Crippen LogP) is 2.02. The average Bonchev–Trinajstić information content (AvgIpc) is 2.47. The number of rotatable bonds is 5. The van der Waals surface area contributed by atoms with Crippen LogP contribution >= 0.6 is 0 Å². The second-order valence-corrected chi connectivity index (χ2v) is 6.90. The van der Waals surface area contributed by atoms with E-state index in [0.717, 1.165) is 37.7 Å². The first-order valence-electron chi connectivity index (χ1n) is 7.63. The van der Waals surface area contributed by atoms with Crippen LogP contribution in [0.15, 0.2) is 18.3 Å². The van der Waals surface area contributed by atoms with Crippen LogP contribution in [0.2, 0.25) is 0 Å². The summed E-state index contributed by atoms with van der Waals surface area (Å²) < 4.78 is 5.93. The molecule has 0 bridgehead atoms. The van der Waals surface area contributed by atoms with Crippen LogP contribution in [0.3, 0.4) is 0 Å². The fraction of sp³-hybridized carbons (Fsp3) is 0.688. The van der Waals surface area contributed by atoms with Crippen LogP contribution in [0.4, 0.5) is 5.82 Å². The van der Waals surface area contributed by atoms with Crippen molar-refractivity contribution in [3.05, 3.63) is 23.9 Å². The minimum Gasteiger partial charge on any atom is -0.383 e. The molecular formula is C16H28N4O. The molecule has 5 nitrogen and oxygen atoms in total. The van der Waals surface area contributed by atoms with Crippen molar-refractivity contribution in [2.75, 3.05) is 12.8 Å². The highest BCUT2D eigenvalue weighted by atomic mass is 16.5. The lowest BCUT2D eigenvalue weighted by Gasteiger charge is -2.47. The zero-order valence-electron chi connectivity index (χ0n) is 13.4. The molecule has 118 valence electrons. The van der Waals surface area contributed by atoms with E-state index in [0.29, 0.717) is 11.2 Å². The number of nitrogens with two attached hydrogens (primary N) is 2. The van der Waals surface area contributed by atoms with E-state index < -0.39 is 0 Å². The second-order valence-electron chi connectivity index (χ2n) is 6.90. The number of pyridine rings is 1. The molecule has 0 aromatic carbocycles. The number of nitrogens with one attached hydrogen (secondary N) is 1. The van der Waals surface area contributed by atoms with Gasteiger partial charge >= 0.3 is 0 Å². The first-order valence-corrected chi connectivity index (χ1v) is 7.63. The van der Waals surface area contributed by atoms with Crippen LogP contribution in [-0.2, 0) is 11.2 Å². The third-order valence-corrected chi connectivity index (χ3v) is 5.04. The number of anilines is 1. The van der Waals surface area contributed by atoms with Gasteiger partial charge in [0.1, 0.15) is 5.82 Å². The first kappa shape index (κ1) is 16.2. The van der Waals surface area contributed by atoms with Gasteiger partial charge < -0.3 is 10.5 Å². The molecule has 2 rings (SSSR count). The topological polar surface area (TPSA) is 86.2 Å². The molecule has 1 atom stereocenters. The Hall–Kier alpha value is -1.17. The van der Waals surface area contributed by atoms with E-state index in [-0.39, 0.29) is 11.6 Å². The van der Waals surface area contributed by atoms with Gasteiger partial charge in [-0.3, -0.25) is 11.3 Å². The number of nitrogens with zero attached hydrogens (tertiary/aromatic N) is 1. The van der Waals surface area contributed by atoms with Crippen LogP contribution in [0.1, 0.15) is 45.1 Å². The molecule has 1 fully saturated rings. The van der Waals surface area contributed by atoms with E-state index in [9.17, 15) is 0 Å². The average molecular weight is 292 g/mol. The molecule has 0 saturated heterocycles. The molecule has 1 unspecified atom stereocenters. The van der Waals surface area contributed by atoms with Gasteiger partial charge in [0, 0.05) is 13.3 Å². The highest BCUT2D eigenvalue weighted by molar-refractivity contribution is 5.39. The van der Waals surface area contributed by atoms with Crippen LogP contribution < -0.4 is 17.0 Å². The van der Waals surface area contributed by atoms with E-state index in [1.54, 1.807) is 13.3 Å². The standard InChI is InChI=1S/C16H28N4O/c1-15(2)6-8-16(21-3,9-7-15)13(20-18)11-12-5-4-10-19-14(12)17/h4-5,10,13,20H,6-9,11,18H2,1-3H3,(H2,17,19). The van der Waals surface area contributed by atoms with E-state index in [1.165, 1.54) is 0 Å². The van der Waals surface area contributed by atoms with Gasteiger partial charge in [0.05, 0.1) is 11.6 Å². The van der Waals surface area contributed by atoms with Gasteiger partial charge in [0.25, 0.3) is 0 Å². The number of hydrazine groups is 1. The monoisotopic (exact) mass is 292 g/mol. The molecule has 1 aliphatic carbocycles. The lowest BCUT2D eigenvalue weighted by molar-refractivity contribution is -0.0862. The second kappa shape index (κ2) is 6.30. The molecule has 0 radical (unpaired) electrons. The summed E-state index contributed by atoms with van der Waals surface area (Å²) in [5.74, 6) is 6.41. The van der Waals surface area contributed by atoms with Gasteiger partial charge in [-0.15, -0.1) is 0 Å². The summed E-state index contributed by atoms with van der Waals surface area (Å²) in [6.07, 6.45) is 6.73.